The van der Waals surface area contributed by atoms with E-state index in [1.807, 2.05) is 0 Å². The summed E-state index contributed by atoms with van der Waals surface area (Å²) in [4.78, 5) is 34.4. The number of carbonyl (C=O) groups is 2. The van der Waals surface area contributed by atoms with Crippen LogP contribution in [-0.4, -0.2) is 21.6 Å². The van der Waals surface area contributed by atoms with Crippen LogP contribution in [0.25, 0.3) is 0 Å². The van der Waals surface area contributed by atoms with Gasteiger partial charge in [-0.2, -0.15) is 0 Å². The van der Waals surface area contributed by atoms with Crippen LogP contribution in [0.4, 0.5) is 11.4 Å². The molecular formula is C12H13N3O4. The SMILES string of the molecule is CC(=O)Nc1cc2c(cc1[N+](=O)[O-])CN(C(C)=O)C2. The van der Waals surface area contributed by atoms with Crippen LogP contribution in [0, 0.1) is 10.1 Å². The third kappa shape index (κ3) is 2.54. The van der Waals surface area contributed by atoms with E-state index in [4.69, 9.17) is 0 Å². The number of hydrogen-bond acceptors (Lipinski definition) is 4. The van der Waals surface area contributed by atoms with Crippen molar-refractivity contribution in [3.63, 3.8) is 0 Å². The zero-order valence-corrected chi connectivity index (χ0v) is 10.6. The summed E-state index contributed by atoms with van der Waals surface area (Å²) in [5, 5.41) is 13.4. The monoisotopic (exact) mass is 263 g/mol. The number of nitrogens with one attached hydrogen (secondary N) is 1. The van der Waals surface area contributed by atoms with Gasteiger partial charge in [-0.1, -0.05) is 0 Å². The number of benzene rings is 1. The van der Waals surface area contributed by atoms with Crippen LogP contribution in [0.2, 0.25) is 0 Å². The minimum atomic E-state index is -0.540. The number of anilines is 1. The first kappa shape index (κ1) is 13.0. The quantitative estimate of drug-likeness (QED) is 0.645. The van der Waals surface area contributed by atoms with Gasteiger partial charge in [-0.05, 0) is 17.2 Å². The van der Waals surface area contributed by atoms with Crippen LogP contribution in [0.5, 0.6) is 0 Å². The number of amides is 2. The molecule has 0 saturated heterocycles. The summed E-state index contributed by atoms with van der Waals surface area (Å²) >= 11 is 0. The second kappa shape index (κ2) is 4.68. The molecule has 19 heavy (non-hydrogen) atoms. The molecule has 1 aliphatic rings. The van der Waals surface area contributed by atoms with Crippen LogP contribution < -0.4 is 5.32 Å². The van der Waals surface area contributed by atoms with E-state index in [0.29, 0.717) is 13.1 Å². The van der Waals surface area contributed by atoms with E-state index >= 15 is 0 Å². The van der Waals surface area contributed by atoms with E-state index in [1.165, 1.54) is 19.9 Å². The number of carbonyl (C=O) groups excluding carboxylic acids is 2. The molecular weight excluding hydrogens is 250 g/mol. The van der Waals surface area contributed by atoms with Crippen molar-refractivity contribution in [2.75, 3.05) is 5.32 Å². The molecule has 0 atom stereocenters. The Labute approximate surface area is 109 Å². The molecule has 0 fully saturated rings. The van der Waals surface area contributed by atoms with Crippen molar-refractivity contribution in [3.8, 4) is 0 Å². The first-order chi connectivity index (χ1) is 8.88. The van der Waals surface area contributed by atoms with Gasteiger partial charge in [-0.25, -0.2) is 0 Å². The molecule has 0 aromatic heterocycles. The van der Waals surface area contributed by atoms with Gasteiger partial charge >= 0.3 is 0 Å². The molecule has 7 heteroatoms. The highest BCUT2D eigenvalue weighted by atomic mass is 16.6. The lowest BCUT2D eigenvalue weighted by atomic mass is 10.1. The Balaban J connectivity index is 2.43. The molecule has 0 unspecified atom stereocenters. The van der Waals surface area contributed by atoms with Gasteiger partial charge in [0.2, 0.25) is 11.8 Å². The van der Waals surface area contributed by atoms with Crippen LogP contribution in [0.1, 0.15) is 25.0 Å². The lowest BCUT2D eigenvalue weighted by Gasteiger charge is -2.10. The van der Waals surface area contributed by atoms with Gasteiger partial charge in [-0.3, -0.25) is 19.7 Å². The molecule has 1 aliphatic heterocycles. The largest absolute Gasteiger partial charge is 0.334 e. The van der Waals surface area contributed by atoms with E-state index in [9.17, 15) is 19.7 Å². The maximum atomic E-state index is 11.3. The van der Waals surface area contributed by atoms with Gasteiger partial charge in [0.15, 0.2) is 0 Å². The molecule has 1 aromatic carbocycles. The average Bonchev–Trinajstić information content (AvgIpc) is 2.69. The summed E-state index contributed by atoms with van der Waals surface area (Å²) in [5.41, 5.74) is 1.58. The smallest absolute Gasteiger partial charge is 0.293 e. The van der Waals surface area contributed by atoms with Gasteiger partial charge in [0.1, 0.15) is 5.69 Å². The summed E-state index contributed by atoms with van der Waals surface area (Å²) in [6.07, 6.45) is 0. The zero-order chi connectivity index (χ0) is 14.2. The minimum absolute atomic E-state index is 0.0834. The van der Waals surface area contributed by atoms with Crippen molar-refractivity contribution >= 4 is 23.2 Å². The van der Waals surface area contributed by atoms with Gasteiger partial charge in [0.25, 0.3) is 5.69 Å². The van der Waals surface area contributed by atoms with Crippen molar-refractivity contribution in [2.45, 2.75) is 26.9 Å². The highest BCUT2D eigenvalue weighted by molar-refractivity contribution is 5.91. The fraction of sp³-hybridized carbons (Fsp3) is 0.333. The predicted octanol–water partition coefficient (Wildman–Crippen LogP) is 1.42. The molecule has 2 rings (SSSR count). The first-order valence-corrected chi connectivity index (χ1v) is 5.71. The lowest BCUT2D eigenvalue weighted by Crippen LogP contribution is -2.21. The molecule has 1 heterocycles. The highest BCUT2D eigenvalue weighted by Crippen LogP contribution is 2.33. The molecule has 0 spiro atoms. The van der Waals surface area contributed by atoms with Gasteiger partial charge in [-0.15, -0.1) is 0 Å². The second-order valence-electron chi connectivity index (χ2n) is 4.45. The molecule has 2 amide bonds. The van der Waals surface area contributed by atoms with E-state index < -0.39 is 4.92 Å². The molecule has 100 valence electrons. The Morgan fingerprint density at radius 3 is 2.32 bits per heavy atom. The van der Waals surface area contributed by atoms with Crippen LogP contribution in [-0.2, 0) is 22.7 Å². The summed E-state index contributed by atoms with van der Waals surface area (Å²) in [5.74, 6) is -0.454. The van der Waals surface area contributed by atoms with E-state index in [-0.39, 0.29) is 23.2 Å². The second-order valence-corrected chi connectivity index (χ2v) is 4.45. The number of nitrogens with zero attached hydrogens (tertiary/aromatic N) is 2. The Hall–Kier alpha value is -2.44. The lowest BCUT2D eigenvalue weighted by molar-refractivity contribution is -0.384. The van der Waals surface area contributed by atoms with Crippen molar-refractivity contribution in [3.05, 3.63) is 33.4 Å². The third-order valence-corrected chi connectivity index (χ3v) is 2.99. The Morgan fingerprint density at radius 2 is 1.84 bits per heavy atom. The topological polar surface area (TPSA) is 92.5 Å². The Morgan fingerprint density at radius 1 is 1.26 bits per heavy atom. The van der Waals surface area contributed by atoms with E-state index in [1.54, 1.807) is 11.0 Å². The van der Waals surface area contributed by atoms with Crippen LogP contribution in [0.15, 0.2) is 12.1 Å². The van der Waals surface area contributed by atoms with Crippen molar-refractivity contribution in [2.24, 2.45) is 0 Å². The summed E-state index contributed by atoms with van der Waals surface area (Å²) < 4.78 is 0. The van der Waals surface area contributed by atoms with Crippen molar-refractivity contribution in [1.29, 1.82) is 0 Å². The predicted molar refractivity (Wildman–Crippen MR) is 67.3 cm³/mol. The van der Waals surface area contributed by atoms with E-state index in [0.717, 1.165) is 11.1 Å². The fourth-order valence-corrected chi connectivity index (χ4v) is 2.10. The van der Waals surface area contributed by atoms with Gasteiger partial charge in [0, 0.05) is 33.0 Å². The minimum Gasteiger partial charge on any atom is -0.334 e. The Bertz CT molecular complexity index is 583. The van der Waals surface area contributed by atoms with Gasteiger partial charge in [0.05, 0.1) is 4.92 Å². The van der Waals surface area contributed by atoms with Gasteiger partial charge < -0.3 is 10.2 Å². The van der Waals surface area contributed by atoms with Crippen LogP contribution >= 0.6 is 0 Å². The fourth-order valence-electron chi connectivity index (χ4n) is 2.10. The number of rotatable bonds is 2. The summed E-state index contributed by atoms with van der Waals surface area (Å²) in [6.45, 7) is 3.52. The normalized spacial score (nSPS) is 13.1. The molecule has 0 saturated carbocycles. The number of hydrogen-bond donors (Lipinski definition) is 1. The molecule has 0 aliphatic carbocycles. The Kier molecular flexibility index (Phi) is 3.20. The summed E-state index contributed by atoms with van der Waals surface area (Å²) in [6, 6.07) is 2.99. The molecule has 7 nitrogen and oxygen atoms in total. The van der Waals surface area contributed by atoms with Crippen LogP contribution in [0.3, 0.4) is 0 Å². The first-order valence-electron chi connectivity index (χ1n) is 5.71. The third-order valence-electron chi connectivity index (χ3n) is 2.99. The molecule has 1 aromatic rings. The highest BCUT2D eigenvalue weighted by Gasteiger charge is 2.26. The zero-order valence-electron chi connectivity index (χ0n) is 10.6. The molecule has 0 radical (unpaired) electrons. The molecule has 1 N–H and O–H groups in total. The summed E-state index contributed by atoms with van der Waals surface area (Å²) in [7, 11) is 0. The molecule has 0 bridgehead atoms. The van der Waals surface area contributed by atoms with Crippen molar-refractivity contribution < 1.29 is 14.5 Å². The van der Waals surface area contributed by atoms with E-state index in [2.05, 4.69) is 5.32 Å². The maximum Gasteiger partial charge on any atom is 0.293 e. The number of nitro benzene ring substituents is 1. The average molecular weight is 263 g/mol. The number of nitro groups is 1. The van der Waals surface area contributed by atoms with Crippen molar-refractivity contribution in [1.82, 2.24) is 4.90 Å². The number of fused-ring (bicyclic) bond motifs is 1. The maximum absolute atomic E-state index is 11.3. The standard InChI is InChI=1S/C12H13N3O4/c1-7(16)13-11-3-9-5-14(8(2)17)6-10(9)4-12(11)15(18)19/h3-4H,5-6H2,1-2H3,(H,13,16).